The lowest BCUT2D eigenvalue weighted by atomic mass is 10.1. The molecule has 0 amide bonds. The number of aromatic nitrogens is 5. The Morgan fingerprint density at radius 1 is 0.310 bits per heavy atom. The lowest BCUT2D eigenvalue weighted by molar-refractivity contribution is -0.385. The first-order valence-electron chi connectivity index (χ1n) is 43.7. The number of ether oxygens (including phenoxy) is 7. The van der Waals surface area contributed by atoms with Crippen molar-refractivity contribution >= 4 is 140 Å². The molecule has 11 N–H and O–H groups in total. The van der Waals surface area contributed by atoms with Crippen molar-refractivity contribution in [2.24, 2.45) is 0 Å². The molecule has 0 unspecified atom stereocenters. The molecular weight excluding hydrogens is 1820 g/mol. The third kappa shape index (κ3) is 30.7. The van der Waals surface area contributed by atoms with Crippen LogP contribution in [0, 0.1) is 10.1 Å². The molecule has 5 aromatic heterocycles. The van der Waals surface area contributed by atoms with Gasteiger partial charge in [0.2, 0.25) is 5.75 Å². The number of pyridine rings is 5. The van der Waals surface area contributed by atoms with Crippen LogP contribution < -0.4 is 65.5 Å². The molecule has 0 atom stereocenters. The van der Waals surface area contributed by atoms with E-state index in [2.05, 4.69) is 51.5 Å². The topological polar surface area (TPSA) is 425 Å². The number of halogens is 1. The van der Waals surface area contributed by atoms with Crippen molar-refractivity contribution in [3.8, 4) is 40.2 Å². The molecule has 0 bridgehead atoms. The molecule has 0 saturated heterocycles. The Hall–Kier alpha value is -18.1. The first-order chi connectivity index (χ1) is 69.1. The number of carbonyl (C=O) groups excluding carboxylic acids is 5. The summed E-state index contributed by atoms with van der Waals surface area (Å²) in [4.78, 5) is 94.9. The third-order valence-electron chi connectivity index (χ3n) is 20.8. The van der Waals surface area contributed by atoms with Crippen molar-refractivity contribution in [3.05, 3.63) is 433 Å². The SMILES string of the molecule is COc1cc(C(=O)/C=C/c2cccnc2Nc2ccc(CO)cc2)cc(OC)c1OC.COc1ccc(C(=O)/C=C/c2cccnc2Nc2ccc(CO)cc2)cc1N.COc1ccc(C(=O)/C=C/c2cccnc2Nc2ccc(CO)cc2)cc1OC.COc1ccc(C(=O)/C=C/c2cccnc2Nc2ccc(CO)cc2)cc1[N+](=O)[O-].O=C(/C=C/c1cccnc1Nc1ccccc1)c1ccc(Cl)cc1. The fraction of sp³-hybridized carbons (Fsp3) is 0.0991. The van der Waals surface area contributed by atoms with E-state index < -0.39 is 4.92 Å². The standard InChI is InChI=1S/C24H24N2O5.C23H22N2O4.C22H19N3O5.C22H21N3O3.C20H15ClN2O/c1-29-21-13-18(14-22(30-2)23(21)31-3)20(28)11-8-17-5-4-12-25-24(17)26-19-9-6-16(15-27)7-10-19;1-28-21-12-8-18(14-22(21)29-2)20(27)11-7-17-4-3-13-24-23(17)25-19-9-5-16(15-26)6-10-19;1-30-21-11-7-17(13-19(21)25(28)29)20(27)10-6-16-3-2-12-23-22(16)24-18-8-4-15(14-26)5-9-18;1-28-21-11-7-17(13-19(21)23)20(27)10-6-16-3-2-12-24-22(16)25-18-8-4-15(14-26)5-9-18;21-17-11-8-15(9-12-17)19(24)13-10-16-5-4-14-22-20(16)23-18-6-2-1-3-7-18/h4-14,27H,15H2,1-3H3,(H,25,26);3-14,26H,15H2,1-2H3,(H,24,25);2-13,26H,14H2,1H3,(H,23,24);2-13,26H,14,23H2,1H3,(H,24,25);1-14H,(H,22,23)/b11-8+;11-7+;2*10-6+;13-10+. The Kier molecular flexibility index (Phi) is 39.7. The first-order valence-corrected chi connectivity index (χ1v) is 44.1. The number of benzene rings is 10. The van der Waals surface area contributed by atoms with Crippen molar-refractivity contribution in [1.82, 2.24) is 24.9 Å². The van der Waals surface area contributed by atoms with Crippen LogP contribution in [0.1, 0.15) is 102 Å². The molecule has 0 fully saturated rings. The molecule has 31 heteroatoms. The van der Waals surface area contributed by atoms with Crippen molar-refractivity contribution < 1.29 is 82.5 Å². The van der Waals surface area contributed by atoms with Crippen LogP contribution in [0.5, 0.6) is 40.2 Å². The Balaban J connectivity index is 0.000000170. The van der Waals surface area contributed by atoms with Gasteiger partial charge in [-0.1, -0.05) is 78.3 Å². The molecule has 30 nitrogen and oxygen atoms in total. The van der Waals surface area contributed by atoms with Crippen molar-refractivity contribution in [3.63, 3.8) is 0 Å². The minimum atomic E-state index is -0.593. The van der Waals surface area contributed by atoms with Gasteiger partial charge in [-0.15, -0.1) is 0 Å². The molecular formula is C111H101ClN12O18. The van der Waals surface area contributed by atoms with Gasteiger partial charge < -0.3 is 85.9 Å². The number of allylic oxidation sites excluding steroid dienone is 5. The molecule has 15 rings (SSSR count). The summed E-state index contributed by atoms with van der Waals surface area (Å²) in [5, 5.41) is 64.5. The Bertz CT molecular complexity index is 6950. The number of nitrogens with zero attached hydrogens (tertiary/aromatic N) is 6. The van der Waals surface area contributed by atoms with Crippen LogP contribution in [-0.2, 0) is 26.4 Å². The minimum Gasteiger partial charge on any atom is -0.495 e. The van der Waals surface area contributed by atoms with E-state index in [-0.39, 0.29) is 72.3 Å². The van der Waals surface area contributed by atoms with Crippen LogP contribution in [0.15, 0.2) is 340 Å². The minimum absolute atomic E-state index is 0.00386. The van der Waals surface area contributed by atoms with Crippen LogP contribution >= 0.6 is 11.6 Å². The Labute approximate surface area is 824 Å². The maximum absolute atomic E-state index is 12.8. The van der Waals surface area contributed by atoms with E-state index in [4.69, 9.17) is 65.8 Å². The average molecular weight is 1930 g/mol. The lowest BCUT2D eigenvalue weighted by Gasteiger charge is -2.13. The van der Waals surface area contributed by atoms with Crippen molar-refractivity contribution in [2.45, 2.75) is 26.4 Å². The highest BCUT2D eigenvalue weighted by atomic mass is 35.5. The van der Waals surface area contributed by atoms with Gasteiger partial charge in [-0.05, 0) is 289 Å². The molecule has 142 heavy (non-hydrogen) atoms. The van der Waals surface area contributed by atoms with E-state index in [9.17, 15) is 39.2 Å². The second-order valence-corrected chi connectivity index (χ2v) is 30.6. The van der Waals surface area contributed by atoms with E-state index in [1.165, 1.54) is 91.2 Å². The van der Waals surface area contributed by atoms with E-state index in [0.29, 0.717) is 102 Å². The summed E-state index contributed by atoms with van der Waals surface area (Å²) in [5.41, 5.74) is 19.4. The number of ketones is 5. The van der Waals surface area contributed by atoms with Crippen LogP contribution in [0.3, 0.4) is 0 Å². The lowest BCUT2D eigenvalue weighted by Crippen LogP contribution is -2.01. The predicted octanol–water partition coefficient (Wildman–Crippen LogP) is 21.8. The number of rotatable bonds is 37. The van der Waals surface area contributed by atoms with Gasteiger partial charge >= 0.3 is 5.69 Å². The van der Waals surface area contributed by atoms with Crippen LogP contribution in [0.4, 0.5) is 68.9 Å². The van der Waals surface area contributed by atoms with Gasteiger partial charge in [0.25, 0.3) is 0 Å². The summed E-state index contributed by atoms with van der Waals surface area (Å²) in [6.07, 6.45) is 24.2. The molecule has 720 valence electrons. The number of hydrogen-bond donors (Lipinski definition) is 10. The zero-order valence-electron chi connectivity index (χ0n) is 78.2. The van der Waals surface area contributed by atoms with E-state index in [1.54, 1.807) is 184 Å². The van der Waals surface area contributed by atoms with Gasteiger partial charge in [0.1, 0.15) is 34.8 Å². The van der Waals surface area contributed by atoms with Gasteiger partial charge in [0, 0.05) is 126 Å². The fourth-order valence-corrected chi connectivity index (χ4v) is 13.4. The summed E-state index contributed by atoms with van der Waals surface area (Å²) < 4.78 is 36.5. The molecule has 5 heterocycles. The molecule has 0 aliphatic carbocycles. The maximum Gasteiger partial charge on any atom is 0.311 e. The van der Waals surface area contributed by atoms with Crippen LogP contribution in [0.25, 0.3) is 30.4 Å². The predicted molar refractivity (Wildman–Crippen MR) is 554 cm³/mol. The highest BCUT2D eigenvalue weighted by Crippen LogP contribution is 2.39. The Morgan fingerprint density at radius 2 is 0.585 bits per heavy atom. The first kappa shape index (κ1) is 104. The van der Waals surface area contributed by atoms with Gasteiger partial charge in [-0.25, -0.2) is 24.9 Å². The van der Waals surface area contributed by atoms with Crippen LogP contribution in [-0.4, -0.2) is 129 Å². The monoisotopic (exact) mass is 1920 g/mol. The van der Waals surface area contributed by atoms with Crippen molar-refractivity contribution in [2.75, 3.05) is 82.1 Å². The van der Waals surface area contributed by atoms with Gasteiger partial charge in [0.05, 0.1) is 86.8 Å². The van der Waals surface area contributed by atoms with E-state index in [1.807, 2.05) is 146 Å². The molecule has 0 aliphatic heterocycles. The van der Waals surface area contributed by atoms with Crippen LogP contribution in [0.2, 0.25) is 5.02 Å². The fourth-order valence-electron chi connectivity index (χ4n) is 13.3. The molecule has 0 spiro atoms. The normalized spacial score (nSPS) is 10.7. The summed E-state index contributed by atoms with van der Waals surface area (Å²) in [5.74, 6) is 5.02. The molecule has 0 aliphatic rings. The number of nitrogen functional groups attached to an aromatic ring is 1. The zero-order chi connectivity index (χ0) is 101. The number of nitro groups is 1. The van der Waals surface area contributed by atoms with Crippen molar-refractivity contribution in [1.29, 1.82) is 0 Å². The quantitative estimate of drug-likeness (QED) is 0.00568. The van der Waals surface area contributed by atoms with Gasteiger partial charge in [-0.2, -0.15) is 0 Å². The molecule has 10 aromatic carbocycles. The smallest absolute Gasteiger partial charge is 0.311 e. The zero-order valence-corrected chi connectivity index (χ0v) is 78.9. The largest absolute Gasteiger partial charge is 0.495 e. The maximum atomic E-state index is 12.8. The average Bonchev–Trinajstić information content (AvgIpc) is 0.806. The van der Waals surface area contributed by atoms with E-state index in [0.717, 1.165) is 72.9 Å². The molecule has 15 aromatic rings. The number of carbonyl (C=O) groups is 5. The number of nitrogens with two attached hydrogens (primary N) is 1. The second-order valence-electron chi connectivity index (χ2n) is 30.2. The summed E-state index contributed by atoms with van der Waals surface area (Å²) in [7, 11) is 10.5. The summed E-state index contributed by atoms with van der Waals surface area (Å²) >= 11 is 5.84. The Morgan fingerprint density at radius 3 is 0.887 bits per heavy atom. The van der Waals surface area contributed by atoms with Gasteiger partial charge in [-0.3, -0.25) is 34.1 Å². The summed E-state index contributed by atoms with van der Waals surface area (Å²) in [6, 6.07) is 81.5. The number of hydrogen-bond acceptors (Lipinski definition) is 29. The number of methoxy groups -OCH3 is 7. The third-order valence-corrected chi connectivity index (χ3v) is 21.1. The summed E-state index contributed by atoms with van der Waals surface area (Å²) in [6.45, 7) is -0.0592. The number of para-hydroxylation sites is 1. The number of aliphatic hydroxyl groups is 4. The molecule has 0 radical (unpaired) electrons. The van der Waals surface area contributed by atoms with E-state index >= 15 is 0 Å². The van der Waals surface area contributed by atoms with Gasteiger partial charge in [0.15, 0.2) is 57.7 Å². The number of anilines is 11. The molecule has 0 saturated carbocycles. The second kappa shape index (κ2) is 54.0. The number of nitrogens with one attached hydrogen (secondary N) is 5. The number of aliphatic hydroxyl groups excluding tert-OH is 4. The highest BCUT2D eigenvalue weighted by Gasteiger charge is 2.21. The number of nitro benzene ring substituents is 1. The highest BCUT2D eigenvalue weighted by molar-refractivity contribution is 6.30.